The van der Waals surface area contributed by atoms with Gasteiger partial charge in [0.2, 0.25) is 0 Å². The maximum atomic E-state index is 12.8. The summed E-state index contributed by atoms with van der Waals surface area (Å²) < 4.78 is 0. The van der Waals surface area contributed by atoms with Crippen molar-refractivity contribution in [2.24, 2.45) is 0 Å². The molecule has 30 heavy (non-hydrogen) atoms. The zero-order valence-electron chi connectivity index (χ0n) is 16.1. The van der Waals surface area contributed by atoms with Gasteiger partial charge in [0.15, 0.2) is 0 Å². The number of halogens is 2. The zero-order valence-corrected chi connectivity index (χ0v) is 17.6. The fourth-order valence-corrected chi connectivity index (χ4v) is 3.24. The van der Waals surface area contributed by atoms with Crippen molar-refractivity contribution in [1.82, 2.24) is 10.6 Å². The van der Waals surface area contributed by atoms with Crippen LogP contribution in [0.1, 0.15) is 21.5 Å². The molecule has 0 atom stereocenters. The lowest BCUT2D eigenvalue weighted by atomic mass is 10.1. The number of amides is 2. The summed E-state index contributed by atoms with van der Waals surface area (Å²) in [5.41, 5.74) is 2.23. The van der Waals surface area contributed by atoms with Crippen LogP contribution in [0.15, 0.2) is 84.6 Å². The van der Waals surface area contributed by atoms with Crippen molar-refractivity contribution < 1.29 is 9.59 Å². The monoisotopic (exact) mass is 438 g/mol. The molecule has 0 spiro atoms. The number of carbonyl (C=O) groups excluding carboxylic acids is 2. The molecule has 4 nitrogen and oxygen atoms in total. The Bertz CT molecular complexity index is 1050. The highest BCUT2D eigenvalue weighted by molar-refractivity contribution is 6.35. The van der Waals surface area contributed by atoms with E-state index in [0.29, 0.717) is 34.1 Å². The first-order valence-electron chi connectivity index (χ1n) is 9.38. The van der Waals surface area contributed by atoms with Gasteiger partial charge < -0.3 is 10.6 Å². The smallest absolute Gasteiger partial charge is 0.267 e. The molecule has 0 fully saturated rings. The Balaban J connectivity index is 1.78. The average molecular weight is 439 g/mol. The second kappa shape index (κ2) is 10.6. The predicted octanol–water partition coefficient (Wildman–Crippen LogP) is 5.12. The van der Waals surface area contributed by atoms with E-state index in [1.165, 1.54) is 6.08 Å². The second-order valence-electron chi connectivity index (χ2n) is 6.54. The topological polar surface area (TPSA) is 58.2 Å². The van der Waals surface area contributed by atoms with Gasteiger partial charge in [0.05, 0.1) is 0 Å². The van der Waals surface area contributed by atoms with Gasteiger partial charge >= 0.3 is 0 Å². The van der Waals surface area contributed by atoms with Gasteiger partial charge in [0, 0.05) is 22.2 Å². The van der Waals surface area contributed by atoms with Crippen LogP contribution in [0.5, 0.6) is 0 Å². The molecule has 0 bridgehead atoms. The minimum atomic E-state index is -0.402. The highest BCUT2D eigenvalue weighted by Crippen LogP contribution is 2.23. The van der Waals surface area contributed by atoms with E-state index in [0.717, 1.165) is 5.56 Å². The van der Waals surface area contributed by atoms with Crippen LogP contribution in [0.25, 0.3) is 6.08 Å². The Kier molecular flexibility index (Phi) is 7.66. The Hall–Kier alpha value is -3.08. The van der Waals surface area contributed by atoms with Gasteiger partial charge in [0.1, 0.15) is 5.70 Å². The van der Waals surface area contributed by atoms with E-state index in [4.69, 9.17) is 23.2 Å². The number of carbonyl (C=O) groups is 2. The SMILES string of the molecule is O=C(NCCc1ccccc1)/C(=C/c1ccc(Cl)cc1Cl)NC(=O)c1ccccc1. The largest absolute Gasteiger partial charge is 0.350 e. The molecule has 0 unspecified atom stereocenters. The quantitative estimate of drug-likeness (QED) is 0.502. The summed E-state index contributed by atoms with van der Waals surface area (Å²) in [6.07, 6.45) is 2.21. The van der Waals surface area contributed by atoms with Crippen molar-refractivity contribution in [3.8, 4) is 0 Å². The van der Waals surface area contributed by atoms with Crippen LogP contribution >= 0.6 is 23.2 Å². The van der Waals surface area contributed by atoms with E-state index < -0.39 is 5.91 Å². The fraction of sp³-hybridized carbons (Fsp3) is 0.0833. The van der Waals surface area contributed by atoms with Crippen LogP contribution < -0.4 is 10.6 Å². The Morgan fingerprint density at radius 2 is 1.53 bits per heavy atom. The number of hydrogen-bond donors (Lipinski definition) is 2. The lowest BCUT2D eigenvalue weighted by Gasteiger charge is -2.12. The first-order chi connectivity index (χ1) is 14.5. The molecular weight excluding hydrogens is 419 g/mol. The Labute approximate surface area is 185 Å². The molecule has 6 heteroatoms. The molecule has 0 saturated carbocycles. The van der Waals surface area contributed by atoms with Gasteiger partial charge in [-0.2, -0.15) is 0 Å². The van der Waals surface area contributed by atoms with E-state index >= 15 is 0 Å². The van der Waals surface area contributed by atoms with E-state index in [1.54, 1.807) is 42.5 Å². The molecule has 3 aromatic rings. The van der Waals surface area contributed by atoms with Crippen molar-refractivity contribution in [3.63, 3.8) is 0 Å². The van der Waals surface area contributed by atoms with Crippen LogP contribution in [0, 0.1) is 0 Å². The third-order valence-corrected chi connectivity index (χ3v) is 4.90. The van der Waals surface area contributed by atoms with Crippen LogP contribution in [0.3, 0.4) is 0 Å². The van der Waals surface area contributed by atoms with Crippen molar-refractivity contribution in [2.45, 2.75) is 6.42 Å². The summed E-state index contributed by atoms with van der Waals surface area (Å²) in [5, 5.41) is 6.40. The van der Waals surface area contributed by atoms with Gasteiger partial charge in [-0.05, 0) is 47.9 Å². The second-order valence-corrected chi connectivity index (χ2v) is 7.38. The van der Waals surface area contributed by atoms with Crippen LogP contribution in [-0.2, 0) is 11.2 Å². The highest BCUT2D eigenvalue weighted by Gasteiger charge is 2.15. The maximum Gasteiger partial charge on any atom is 0.267 e. The van der Waals surface area contributed by atoms with Gasteiger partial charge in [-0.1, -0.05) is 77.8 Å². The molecule has 0 aliphatic carbocycles. The minimum absolute atomic E-state index is 0.0983. The highest BCUT2D eigenvalue weighted by atomic mass is 35.5. The molecule has 0 saturated heterocycles. The number of hydrogen-bond acceptors (Lipinski definition) is 2. The van der Waals surface area contributed by atoms with E-state index in [1.807, 2.05) is 36.4 Å². The number of rotatable bonds is 7. The predicted molar refractivity (Wildman–Crippen MR) is 122 cm³/mol. The van der Waals surface area contributed by atoms with E-state index in [9.17, 15) is 9.59 Å². The van der Waals surface area contributed by atoms with Gasteiger partial charge in [-0.25, -0.2) is 0 Å². The average Bonchev–Trinajstić information content (AvgIpc) is 2.76. The van der Waals surface area contributed by atoms with Crippen LogP contribution in [0.4, 0.5) is 0 Å². The Morgan fingerprint density at radius 3 is 2.20 bits per heavy atom. The van der Waals surface area contributed by atoms with Gasteiger partial charge in [0.25, 0.3) is 11.8 Å². The third-order valence-electron chi connectivity index (χ3n) is 4.33. The summed E-state index contributed by atoms with van der Waals surface area (Å²) >= 11 is 12.2. The summed E-state index contributed by atoms with van der Waals surface area (Å²) in [6.45, 7) is 0.426. The minimum Gasteiger partial charge on any atom is -0.350 e. The van der Waals surface area contributed by atoms with Gasteiger partial charge in [-0.3, -0.25) is 9.59 Å². The van der Waals surface area contributed by atoms with Crippen molar-refractivity contribution >= 4 is 41.1 Å². The van der Waals surface area contributed by atoms with Crippen LogP contribution in [0.2, 0.25) is 10.0 Å². The van der Waals surface area contributed by atoms with E-state index in [2.05, 4.69) is 10.6 Å². The molecule has 3 aromatic carbocycles. The summed E-state index contributed by atoms with van der Waals surface area (Å²) in [4.78, 5) is 25.4. The summed E-state index contributed by atoms with van der Waals surface area (Å²) in [6, 6.07) is 23.5. The molecule has 0 radical (unpaired) electrons. The number of benzene rings is 3. The summed E-state index contributed by atoms with van der Waals surface area (Å²) in [5.74, 6) is -0.786. The molecule has 0 heterocycles. The lowest BCUT2D eigenvalue weighted by Crippen LogP contribution is -2.35. The molecule has 2 amide bonds. The first kappa shape index (κ1) is 21.6. The molecule has 0 aliphatic heterocycles. The molecule has 152 valence electrons. The number of nitrogens with one attached hydrogen (secondary N) is 2. The zero-order chi connectivity index (χ0) is 21.3. The van der Waals surface area contributed by atoms with Crippen molar-refractivity contribution in [2.75, 3.05) is 6.54 Å². The standard InChI is InChI=1S/C24H20Cl2N2O2/c25-20-12-11-19(21(26)16-20)15-22(28-23(29)18-9-5-2-6-10-18)24(30)27-14-13-17-7-3-1-4-8-17/h1-12,15-16H,13-14H2,(H,27,30)(H,28,29)/b22-15-. The normalized spacial score (nSPS) is 11.1. The van der Waals surface area contributed by atoms with Crippen molar-refractivity contribution in [1.29, 1.82) is 0 Å². The first-order valence-corrected chi connectivity index (χ1v) is 10.1. The van der Waals surface area contributed by atoms with Gasteiger partial charge in [-0.15, -0.1) is 0 Å². The Morgan fingerprint density at radius 1 is 0.867 bits per heavy atom. The third kappa shape index (κ3) is 6.21. The van der Waals surface area contributed by atoms with E-state index in [-0.39, 0.29) is 11.6 Å². The molecule has 0 aliphatic rings. The maximum absolute atomic E-state index is 12.8. The van der Waals surface area contributed by atoms with Crippen molar-refractivity contribution in [3.05, 3.63) is 111 Å². The fourth-order valence-electron chi connectivity index (χ4n) is 2.78. The van der Waals surface area contributed by atoms with Crippen LogP contribution in [-0.4, -0.2) is 18.4 Å². The molecule has 3 rings (SSSR count). The lowest BCUT2D eigenvalue weighted by molar-refractivity contribution is -0.117. The summed E-state index contributed by atoms with van der Waals surface area (Å²) in [7, 11) is 0. The molecule has 2 N–H and O–H groups in total. The molecule has 0 aromatic heterocycles. The molecular formula is C24H20Cl2N2O2.